The molecule has 5 heteroatoms. The van der Waals surface area contributed by atoms with E-state index in [1.165, 1.54) is 0 Å². The minimum absolute atomic E-state index is 0.0234. The Labute approximate surface area is 125 Å². The van der Waals surface area contributed by atoms with E-state index >= 15 is 0 Å². The molecule has 1 aliphatic heterocycles. The van der Waals surface area contributed by atoms with E-state index < -0.39 is 6.04 Å². The summed E-state index contributed by atoms with van der Waals surface area (Å²) in [6.07, 6.45) is 3.82. The van der Waals surface area contributed by atoms with Crippen LogP contribution in [0.1, 0.15) is 45.7 Å². The number of carbonyl (C=O) groups excluding carboxylic acids is 2. The average Bonchev–Trinajstić information content (AvgIpc) is 2.58. The second-order valence-electron chi connectivity index (χ2n) is 6.61. The lowest BCUT2D eigenvalue weighted by molar-refractivity contribution is -0.138. The first-order valence-corrected chi connectivity index (χ1v) is 7.30. The van der Waals surface area contributed by atoms with Crippen molar-refractivity contribution in [2.75, 3.05) is 6.54 Å². The van der Waals surface area contributed by atoms with Crippen LogP contribution in [0.25, 0.3) is 0 Å². The van der Waals surface area contributed by atoms with Gasteiger partial charge in [-0.3, -0.25) is 14.6 Å². The summed E-state index contributed by atoms with van der Waals surface area (Å²) in [5.74, 6) is -0.0890. The Hall–Kier alpha value is -1.91. The van der Waals surface area contributed by atoms with E-state index in [4.69, 9.17) is 0 Å². The summed E-state index contributed by atoms with van der Waals surface area (Å²) < 4.78 is 0. The third-order valence-electron chi connectivity index (χ3n) is 3.92. The summed E-state index contributed by atoms with van der Waals surface area (Å²) in [4.78, 5) is 30.6. The van der Waals surface area contributed by atoms with Crippen molar-refractivity contribution in [3.63, 3.8) is 0 Å². The molecule has 0 radical (unpaired) electrons. The normalized spacial score (nSPS) is 21.7. The van der Waals surface area contributed by atoms with Crippen molar-refractivity contribution in [1.29, 1.82) is 0 Å². The molecule has 2 unspecified atom stereocenters. The van der Waals surface area contributed by atoms with Crippen LogP contribution in [0.3, 0.4) is 0 Å². The van der Waals surface area contributed by atoms with Gasteiger partial charge in [-0.2, -0.15) is 0 Å². The van der Waals surface area contributed by atoms with Crippen LogP contribution < -0.4 is 5.32 Å². The first kappa shape index (κ1) is 15.5. The lowest BCUT2D eigenvalue weighted by atomic mass is 9.85. The third kappa shape index (κ3) is 3.40. The first-order chi connectivity index (χ1) is 9.80. The average molecular weight is 289 g/mol. The predicted molar refractivity (Wildman–Crippen MR) is 80.4 cm³/mol. The zero-order valence-corrected chi connectivity index (χ0v) is 13.1. The summed E-state index contributed by atoms with van der Waals surface area (Å²) in [7, 11) is 0. The number of aromatic nitrogens is 1. The predicted octanol–water partition coefficient (Wildman–Crippen LogP) is 1.91. The van der Waals surface area contributed by atoms with Crippen molar-refractivity contribution in [1.82, 2.24) is 15.2 Å². The van der Waals surface area contributed by atoms with Crippen LogP contribution in [0.5, 0.6) is 0 Å². The summed E-state index contributed by atoms with van der Waals surface area (Å²) >= 11 is 0. The van der Waals surface area contributed by atoms with Gasteiger partial charge in [0, 0.05) is 25.4 Å². The smallest absolute Gasteiger partial charge is 0.246 e. The summed E-state index contributed by atoms with van der Waals surface area (Å²) in [6.45, 7) is 8.31. The fourth-order valence-corrected chi connectivity index (χ4v) is 2.57. The molecule has 2 rings (SSSR count). The van der Waals surface area contributed by atoms with Crippen LogP contribution in [0.15, 0.2) is 24.5 Å². The van der Waals surface area contributed by atoms with Crippen LogP contribution in [0.4, 0.5) is 0 Å². The summed E-state index contributed by atoms with van der Waals surface area (Å²) in [5, 5.41) is 2.86. The third-order valence-corrected chi connectivity index (χ3v) is 3.92. The Morgan fingerprint density at radius 2 is 2.10 bits per heavy atom. The molecule has 1 N–H and O–H groups in total. The minimum atomic E-state index is -0.494. The van der Waals surface area contributed by atoms with E-state index in [0.717, 1.165) is 5.56 Å². The monoisotopic (exact) mass is 289 g/mol. The van der Waals surface area contributed by atoms with E-state index in [1.54, 1.807) is 17.3 Å². The van der Waals surface area contributed by atoms with Gasteiger partial charge in [0.25, 0.3) is 0 Å². The molecule has 1 aromatic rings. The maximum atomic E-state index is 12.8. The molecule has 1 fully saturated rings. The Morgan fingerprint density at radius 1 is 1.38 bits per heavy atom. The number of carbonyl (C=O) groups is 2. The molecular weight excluding hydrogens is 266 g/mol. The van der Waals surface area contributed by atoms with Crippen molar-refractivity contribution in [2.45, 2.75) is 46.2 Å². The highest BCUT2D eigenvalue weighted by Gasteiger charge is 2.39. The molecule has 114 valence electrons. The molecule has 0 bridgehead atoms. The quantitative estimate of drug-likeness (QED) is 0.904. The number of pyridine rings is 1. The molecule has 5 nitrogen and oxygen atoms in total. The first-order valence-electron chi connectivity index (χ1n) is 7.30. The number of rotatable bonds is 2. The number of nitrogens with zero attached hydrogens (tertiary/aromatic N) is 2. The van der Waals surface area contributed by atoms with Gasteiger partial charge in [0.2, 0.25) is 11.8 Å². The van der Waals surface area contributed by atoms with Gasteiger partial charge >= 0.3 is 0 Å². The van der Waals surface area contributed by atoms with Gasteiger partial charge < -0.3 is 10.2 Å². The van der Waals surface area contributed by atoms with Crippen molar-refractivity contribution >= 4 is 11.8 Å². The Bertz CT molecular complexity index is 522. The number of hydrogen-bond donors (Lipinski definition) is 1. The highest BCUT2D eigenvalue weighted by Crippen LogP contribution is 2.27. The highest BCUT2D eigenvalue weighted by molar-refractivity contribution is 5.90. The standard InChI is InChI=1S/C16H23N3O2/c1-11(12-6-5-8-17-10-12)19-9-7-13(20)18-14(15(19)21)16(2,3)4/h5-6,8,10-11,14H,7,9H2,1-4H3,(H,18,20). The Morgan fingerprint density at radius 3 is 2.67 bits per heavy atom. The zero-order chi connectivity index (χ0) is 15.6. The molecule has 2 amide bonds. The maximum Gasteiger partial charge on any atom is 0.246 e. The summed E-state index contributed by atoms with van der Waals surface area (Å²) in [5.41, 5.74) is 0.664. The van der Waals surface area contributed by atoms with Gasteiger partial charge in [0.1, 0.15) is 6.04 Å². The number of hydrogen-bond acceptors (Lipinski definition) is 3. The second-order valence-corrected chi connectivity index (χ2v) is 6.61. The van der Waals surface area contributed by atoms with E-state index in [1.807, 2.05) is 39.8 Å². The van der Waals surface area contributed by atoms with Crippen molar-refractivity contribution < 1.29 is 9.59 Å². The second kappa shape index (κ2) is 5.84. The molecule has 2 heterocycles. The van der Waals surface area contributed by atoms with Gasteiger partial charge in [0.05, 0.1) is 6.04 Å². The Kier molecular flexibility index (Phi) is 4.30. The van der Waals surface area contributed by atoms with E-state index in [9.17, 15) is 9.59 Å². The molecule has 21 heavy (non-hydrogen) atoms. The molecule has 0 aliphatic carbocycles. The fourth-order valence-electron chi connectivity index (χ4n) is 2.57. The minimum Gasteiger partial charge on any atom is -0.344 e. The topological polar surface area (TPSA) is 62.3 Å². The van der Waals surface area contributed by atoms with Crippen LogP contribution in [-0.4, -0.2) is 34.3 Å². The molecule has 1 aromatic heterocycles. The molecule has 0 saturated carbocycles. The summed E-state index contributed by atoms with van der Waals surface area (Å²) in [6, 6.07) is 3.23. The molecule has 0 spiro atoms. The number of amides is 2. The molecular formula is C16H23N3O2. The van der Waals surface area contributed by atoms with E-state index in [2.05, 4.69) is 10.3 Å². The largest absolute Gasteiger partial charge is 0.344 e. The fraction of sp³-hybridized carbons (Fsp3) is 0.562. The van der Waals surface area contributed by atoms with Crippen molar-refractivity contribution in [3.8, 4) is 0 Å². The van der Waals surface area contributed by atoms with Crippen LogP contribution in [0.2, 0.25) is 0 Å². The van der Waals surface area contributed by atoms with Gasteiger partial charge in [-0.1, -0.05) is 26.8 Å². The highest BCUT2D eigenvalue weighted by atomic mass is 16.2. The maximum absolute atomic E-state index is 12.8. The lowest BCUT2D eigenvalue weighted by Gasteiger charge is -2.35. The van der Waals surface area contributed by atoms with E-state index in [0.29, 0.717) is 13.0 Å². The SMILES string of the molecule is CC(c1cccnc1)N1CCC(=O)NC(C(C)(C)C)C1=O. The molecule has 0 aromatic carbocycles. The molecule has 1 aliphatic rings. The van der Waals surface area contributed by atoms with Gasteiger partial charge in [0.15, 0.2) is 0 Å². The molecule has 2 atom stereocenters. The zero-order valence-electron chi connectivity index (χ0n) is 13.1. The van der Waals surface area contributed by atoms with Gasteiger partial charge in [-0.25, -0.2) is 0 Å². The van der Waals surface area contributed by atoms with Crippen LogP contribution in [0, 0.1) is 5.41 Å². The van der Waals surface area contributed by atoms with Crippen molar-refractivity contribution in [2.24, 2.45) is 5.41 Å². The number of nitrogens with one attached hydrogen (secondary N) is 1. The van der Waals surface area contributed by atoms with Crippen LogP contribution >= 0.6 is 0 Å². The molecule has 1 saturated heterocycles. The lowest BCUT2D eigenvalue weighted by Crippen LogP contribution is -2.52. The van der Waals surface area contributed by atoms with E-state index in [-0.39, 0.29) is 23.3 Å². The van der Waals surface area contributed by atoms with Gasteiger partial charge in [-0.15, -0.1) is 0 Å². The van der Waals surface area contributed by atoms with Crippen molar-refractivity contribution in [3.05, 3.63) is 30.1 Å². The Balaban J connectivity index is 2.30. The van der Waals surface area contributed by atoms with Crippen LogP contribution in [-0.2, 0) is 9.59 Å². The van der Waals surface area contributed by atoms with Gasteiger partial charge in [-0.05, 0) is 24.0 Å².